The zero-order valence-electron chi connectivity index (χ0n) is 9.15. The number of carbonyl (C=O) groups excluding carboxylic acids is 1. The van der Waals surface area contributed by atoms with Crippen LogP contribution in [0.25, 0.3) is 0 Å². The molecule has 2 fully saturated rings. The van der Waals surface area contributed by atoms with Gasteiger partial charge in [-0.05, 0) is 32.1 Å². The van der Waals surface area contributed by atoms with E-state index in [1.54, 1.807) is 0 Å². The Labute approximate surface area is 90.8 Å². The van der Waals surface area contributed by atoms with Crippen molar-refractivity contribution in [2.75, 3.05) is 19.7 Å². The number of piperidine rings is 1. The van der Waals surface area contributed by atoms with Crippen molar-refractivity contribution in [1.29, 1.82) is 0 Å². The highest BCUT2D eigenvalue weighted by Crippen LogP contribution is 2.21. The Morgan fingerprint density at radius 1 is 1.27 bits per heavy atom. The highest BCUT2D eigenvalue weighted by Gasteiger charge is 2.27. The lowest BCUT2D eigenvalue weighted by atomic mass is 9.90. The Bertz CT molecular complexity index is 221. The summed E-state index contributed by atoms with van der Waals surface area (Å²) in [6, 6.07) is 0.292. The topological polar surface area (TPSA) is 55.6 Å². The highest BCUT2D eigenvalue weighted by molar-refractivity contribution is 5.77. The molecule has 86 valence electrons. The Kier molecular flexibility index (Phi) is 3.59. The number of rotatable bonds is 3. The molecule has 0 unspecified atom stereocenters. The first kappa shape index (κ1) is 10.9. The minimum Gasteiger partial charge on any atom is -0.368 e. The van der Waals surface area contributed by atoms with Crippen molar-refractivity contribution in [2.45, 2.75) is 44.2 Å². The summed E-state index contributed by atoms with van der Waals surface area (Å²) in [5, 5.41) is 0. The van der Waals surface area contributed by atoms with E-state index in [1.807, 2.05) is 4.90 Å². The molecule has 1 aliphatic carbocycles. The van der Waals surface area contributed by atoms with Gasteiger partial charge in [-0.3, -0.25) is 4.79 Å². The van der Waals surface area contributed by atoms with Crippen LogP contribution in [-0.4, -0.2) is 42.6 Å². The summed E-state index contributed by atoms with van der Waals surface area (Å²) >= 11 is 0. The van der Waals surface area contributed by atoms with Crippen molar-refractivity contribution < 1.29 is 9.53 Å². The van der Waals surface area contributed by atoms with Crippen molar-refractivity contribution >= 4 is 5.91 Å². The molecule has 15 heavy (non-hydrogen) atoms. The van der Waals surface area contributed by atoms with E-state index in [0.29, 0.717) is 6.04 Å². The second-order valence-electron chi connectivity index (χ2n) is 4.61. The summed E-state index contributed by atoms with van der Waals surface area (Å²) in [7, 11) is 0. The van der Waals surface area contributed by atoms with Gasteiger partial charge in [0, 0.05) is 19.1 Å². The van der Waals surface area contributed by atoms with Crippen LogP contribution in [0.15, 0.2) is 0 Å². The monoisotopic (exact) mass is 212 g/mol. The number of nitrogens with zero attached hydrogens (tertiary/aromatic N) is 1. The lowest BCUT2D eigenvalue weighted by molar-refractivity contribution is -0.141. The van der Waals surface area contributed by atoms with Crippen LogP contribution in [0.3, 0.4) is 0 Å². The normalized spacial score (nSPS) is 31.1. The van der Waals surface area contributed by atoms with Crippen LogP contribution in [-0.2, 0) is 9.53 Å². The summed E-state index contributed by atoms with van der Waals surface area (Å²) in [5.74, 6) is 0.148. The van der Waals surface area contributed by atoms with E-state index < -0.39 is 0 Å². The Balaban J connectivity index is 1.63. The predicted molar refractivity (Wildman–Crippen MR) is 57.4 cm³/mol. The van der Waals surface area contributed by atoms with Gasteiger partial charge in [-0.15, -0.1) is 0 Å². The first-order chi connectivity index (χ1) is 7.25. The lowest BCUT2D eigenvalue weighted by Crippen LogP contribution is -2.44. The van der Waals surface area contributed by atoms with Gasteiger partial charge in [0.1, 0.15) is 6.61 Å². The van der Waals surface area contributed by atoms with Crippen LogP contribution >= 0.6 is 0 Å². The number of hydrogen-bond acceptors (Lipinski definition) is 3. The van der Waals surface area contributed by atoms with E-state index in [1.165, 1.54) is 6.42 Å². The van der Waals surface area contributed by atoms with Gasteiger partial charge in [0.05, 0.1) is 6.10 Å². The molecule has 2 aliphatic rings. The summed E-state index contributed by atoms with van der Waals surface area (Å²) < 4.78 is 5.49. The molecule has 4 nitrogen and oxygen atoms in total. The molecule has 1 saturated carbocycles. The largest absolute Gasteiger partial charge is 0.368 e. The van der Waals surface area contributed by atoms with E-state index in [2.05, 4.69) is 0 Å². The van der Waals surface area contributed by atoms with Gasteiger partial charge in [-0.1, -0.05) is 0 Å². The summed E-state index contributed by atoms with van der Waals surface area (Å²) in [6.45, 7) is 2.07. The zero-order valence-corrected chi connectivity index (χ0v) is 9.15. The average Bonchev–Trinajstić information content (AvgIpc) is 2.23. The van der Waals surface area contributed by atoms with E-state index in [4.69, 9.17) is 10.5 Å². The third-order valence-corrected chi connectivity index (χ3v) is 3.28. The molecule has 0 atom stereocenters. The number of likely N-dealkylation sites (tertiary alicyclic amines) is 1. The van der Waals surface area contributed by atoms with Crippen LogP contribution in [0.5, 0.6) is 0 Å². The van der Waals surface area contributed by atoms with E-state index >= 15 is 0 Å². The second kappa shape index (κ2) is 4.94. The maximum absolute atomic E-state index is 11.7. The molecule has 0 spiro atoms. The molecule has 1 amide bonds. The van der Waals surface area contributed by atoms with Gasteiger partial charge in [-0.2, -0.15) is 0 Å². The fourth-order valence-corrected chi connectivity index (χ4v) is 2.17. The van der Waals surface area contributed by atoms with Gasteiger partial charge >= 0.3 is 0 Å². The van der Waals surface area contributed by atoms with Crippen molar-refractivity contribution in [3.8, 4) is 0 Å². The number of ether oxygens (including phenoxy) is 1. The Hall–Kier alpha value is -0.610. The lowest BCUT2D eigenvalue weighted by Gasteiger charge is -2.33. The molecule has 2 N–H and O–H groups in total. The van der Waals surface area contributed by atoms with Crippen LogP contribution in [0.2, 0.25) is 0 Å². The minimum atomic E-state index is 0.148. The van der Waals surface area contributed by atoms with Crippen LogP contribution in [0.1, 0.15) is 32.1 Å². The Morgan fingerprint density at radius 3 is 2.53 bits per heavy atom. The number of nitrogens with two attached hydrogens (primary N) is 1. The molecule has 0 radical (unpaired) electrons. The van der Waals surface area contributed by atoms with E-state index in [0.717, 1.165) is 38.8 Å². The first-order valence-electron chi connectivity index (χ1n) is 5.90. The number of hydrogen-bond donors (Lipinski definition) is 1. The van der Waals surface area contributed by atoms with Crippen molar-refractivity contribution in [3.05, 3.63) is 0 Å². The van der Waals surface area contributed by atoms with E-state index in [-0.39, 0.29) is 18.6 Å². The fourth-order valence-electron chi connectivity index (χ4n) is 2.17. The molecule has 0 aromatic rings. The molecule has 1 aliphatic heterocycles. The van der Waals surface area contributed by atoms with Crippen molar-refractivity contribution in [1.82, 2.24) is 4.90 Å². The maximum Gasteiger partial charge on any atom is 0.248 e. The summed E-state index contributed by atoms with van der Waals surface area (Å²) in [4.78, 5) is 13.6. The maximum atomic E-state index is 11.7. The SMILES string of the molecule is NC1CC(OCC(=O)N2CCCCC2)C1. The molecular formula is C11H20N2O2. The number of carbonyl (C=O) groups is 1. The quantitative estimate of drug-likeness (QED) is 0.741. The third-order valence-electron chi connectivity index (χ3n) is 3.28. The molecule has 0 bridgehead atoms. The molecule has 0 aromatic heterocycles. The van der Waals surface area contributed by atoms with Gasteiger partial charge < -0.3 is 15.4 Å². The fraction of sp³-hybridized carbons (Fsp3) is 0.909. The van der Waals surface area contributed by atoms with E-state index in [9.17, 15) is 4.79 Å². The summed E-state index contributed by atoms with van der Waals surface area (Å²) in [6.07, 6.45) is 5.58. The van der Waals surface area contributed by atoms with Crippen LogP contribution < -0.4 is 5.73 Å². The minimum absolute atomic E-state index is 0.148. The van der Waals surface area contributed by atoms with Gasteiger partial charge in [0.2, 0.25) is 5.91 Å². The standard InChI is InChI=1S/C11H20N2O2/c12-9-6-10(7-9)15-8-11(14)13-4-2-1-3-5-13/h9-10H,1-8,12H2. The van der Waals surface area contributed by atoms with Gasteiger partial charge in [0.15, 0.2) is 0 Å². The van der Waals surface area contributed by atoms with Crippen LogP contribution in [0, 0.1) is 0 Å². The van der Waals surface area contributed by atoms with Crippen LogP contribution in [0.4, 0.5) is 0 Å². The van der Waals surface area contributed by atoms with Crippen molar-refractivity contribution in [3.63, 3.8) is 0 Å². The highest BCUT2D eigenvalue weighted by atomic mass is 16.5. The molecule has 1 heterocycles. The molecular weight excluding hydrogens is 192 g/mol. The third kappa shape index (κ3) is 2.92. The predicted octanol–water partition coefficient (Wildman–Crippen LogP) is 0.505. The van der Waals surface area contributed by atoms with Crippen molar-refractivity contribution in [2.24, 2.45) is 5.73 Å². The van der Waals surface area contributed by atoms with Gasteiger partial charge in [0.25, 0.3) is 0 Å². The summed E-state index contributed by atoms with van der Waals surface area (Å²) in [5.41, 5.74) is 5.64. The molecule has 1 saturated heterocycles. The van der Waals surface area contributed by atoms with Gasteiger partial charge in [-0.25, -0.2) is 0 Å². The number of amides is 1. The smallest absolute Gasteiger partial charge is 0.248 e. The molecule has 0 aromatic carbocycles. The average molecular weight is 212 g/mol. The Morgan fingerprint density at radius 2 is 1.93 bits per heavy atom. The molecule has 2 rings (SSSR count). The first-order valence-corrected chi connectivity index (χ1v) is 5.90. The zero-order chi connectivity index (χ0) is 10.7. The second-order valence-corrected chi connectivity index (χ2v) is 4.61. The molecule has 4 heteroatoms.